The van der Waals surface area contributed by atoms with Crippen molar-refractivity contribution in [1.29, 1.82) is 0 Å². The molecule has 7 heteroatoms. The Kier molecular flexibility index (Phi) is 3.56. The van der Waals surface area contributed by atoms with Gasteiger partial charge < -0.3 is 0 Å². The van der Waals surface area contributed by atoms with Crippen molar-refractivity contribution in [1.82, 2.24) is 0 Å². The summed E-state index contributed by atoms with van der Waals surface area (Å²) in [5.74, 6) is 0. The first-order valence-corrected chi connectivity index (χ1v) is 7.22. The molecule has 104 valence electrons. The molecule has 0 unspecified atom stereocenters. The Bertz CT molecular complexity index is 767. The maximum absolute atomic E-state index is 11.2. The number of nitro benzene ring substituents is 1. The van der Waals surface area contributed by atoms with Crippen LogP contribution in [0.1, 0.15) is 5.56 Å². The minimum absolute atomic E-state index is 0.00265. The number of rotatable bonds is 3. The Morgan fingerprint density at radius 3 is 2.10 bits per heavy atom. The van der Waals surface area contributed by atoms with Crippen LogP contribution < -0.4 is 5.14 Å². The van der Waals surface area contributed by atoms with Crippen LogP contribution in [-0.4, -0.2) is 13.3 Å². The Morgan fingerprint density at radius 2 is 1.60 bits per heavy atom. The van der Waals surface area contributed by atoms with Gasteiger partial charge in [0.05, 0.1) is 9.82 Å². The third kappa shape index (κ3) is 2.84. The summed E-state index contributed by atoms with van der Waals surface area (Å²) >= 11 is 0. The zero-order chi connectivity index (χ0) is 14.9. The average molecular weight is 292 g/mol. The molecule has 0 aliphatic rings. The molecule has 6 nitrogen and oxygen atoms in total. The van der Waals surface area contributed by atoms with E-state index in [4.69, 9.17) is 5.14 Å². The fourth-order valence-corrected chi connectivity index (χ4v) is 2.34. The third-order valence-electron chi connectivity index (χ3n) is 2.92. The van der Waals surface area contributed by atoms with Gasteiger partial charge in [-0.25, -0.2) is 13.6 Å². The van der Waals surface area contributed by atoms with Gasteiger partial charge in [-0.3, -0.25) is 10.1 Å². The second-order valence-corrected chi connectivity index (χ2v) is 5.89. The highest BCUT2D eigenvalue weighted by atomic mass is 32.2. The number of nitrogens with zero attached hydrogens (tertiary/aromatic N) is 1. The lowest BCUT2D eigenvalue weighted by atomic mass is 10.0. The molecule has 0 saturated carbocycles. The van der Waals surface area contributed by atoms with Gasteiger partial charge >= 0.3 is 0 Å². The van der Waals surface area contributed by atoms with E-state index in [0.717, 1.165) is 0 Å². The minimum Gasteiger partial charge on any atom is -0.258 e. The molecule has 0 spiro atoms. The van der Waals surface area contributed by atoms with E-state index in [-0.39, 0.29) is 10.6 Å². The molecule has 2 N–H and O–H groups in total. The Balaban J connectivity index is 2.47. The van der Waals surface area contributed by atoms with Gasteiger partial charge in [-0.1, -0.05) is 24.3 Å². The Morgan fingerprint density at radius 1 is 1.05 bits per heavy atom. The van der Waals surface area contributed by atoms with Crippen molar-refractivity contribution < 1.29 is 13.3 Å². The normalized spacial score (nSPS) is 11.3. The van der Waals surface area contributed by atoms with Crippen molar-refractivity contribution in [3.05, 3.63) is 58.1 Å². The topological polar surface area (TPSA) is 103 Å². The first kappa shape index (κ1) is 14.2. The lowest BCUT2D eigenvalue weighted by molar-refractivity contribution is -0.385. The van der Waals surface area contributed by atoms with Gasteiger partial charge in [0.15, 0.2) is 0 Å². The van der Waals surface area contributed by atoms with Gasteiger partial charge in [-0.2, -0.15) is 0 Å². The number of hydrogen-bond acceptors (Lipinski definition) is 4. The molecule has 2 aromatic carbocycles. The summed E-state index contributed by atoms with van der Waals surface area (Å²) in [6.45, 7) is 1.66. The van der Waals surface area contributed by atoms with Crippen LogP contribution in [0, 0.1) is 17.0 Å². The molecule has 0 fully saturated rings. The van der Waals surface area contributed by atoms with Gasteiger partial charge in [-0.05, 0) is 30.2 Å². The molecule has 0 aliphatic carbocycles. The number of primary sulfonamides is 1. The van der Waals surface area contributed by atoms with Crippen molar-refractivity contribution in [2.75, 3.05) is 0 Å². The van der Waals surface area contributed by atoms with Gasteiger partial charge in [0, 0.05) is 11.6 Å². The molecule has 2 rings (SSSR count). The minimum atomic E-state index is -3.74. The van der Waals surface area contributed by atoms with Crippen molar-refractivity contribution in [3.63, 3.8) is 0 Å². The number of nitrogens with two attached hydrogens (primary N) is 1. The summed E-state index contributed by atoms with van der Waals surface area (Å²) in [5.41, 5.74) is 1.92. The molecule has 0 aliphatic heterocycles. The Labute approximate surface area is 116 Å². The number of aryl methyl sites for hydroxylation is 1. The van der Waals surface area contributed by atoms with Gasteiger partial charge in [-0.15, -0.1) is 0 Å². The Hall–Kier alpha value is -2.25. The molecule has 0 aromatic heterocycles. The molecular weight excluding hydrogens is 280 g/mol. The van der Waals surface area contributed by atoms with Crippen LogP contribution in [-0.2, 0) is 10.0 Å². The number of sulfonamides is 1. The van der Waals surface area contributed by atoms with Crippen LogP contribution in [0.4, 0.5) is 5.69 Å². The van der Waals surface area contributed by atoms with Crippen LogP contribution in [0.2, 0.25) is 0 Å². The average Bonchev–Trinajstić information content (AvgIpc) is 2.38. The SMILES string of the molecule is Cc1ccc(-c2ccc(S(N)(=O)=O)cc2)cc1[N+](=O)[O-]. The molecule has 0 saturated heterocycles. The van der Waals surface area contributed by atoms with E-state index in [2.05, 4.69) is 0 Å². The van der Waals surface area contributed by atoms with Crippen LogP contribution in [0.15, 0.2) is 47.4 Å². The van der Waals surface area contributed by atoms with Crippen molar-refractivity contribution in [2.45, 2.75) is 11.8 Å². The van der Waals surface area contributed by atoms with Crippen molar-refractivity contribution in [2.24, 2.45) is 5.14 Å². The van der Waals surface area contributed by atoms with E-state index < -0.39 is 14.9 Å². The fraction of sp³-hybridized carbons (Fsp3) is 0.0769. The molecule has 0 amide bonds. The van der Waals surface area contributed by atoms with E-state index in [1.165, 1.54) is 18.2 Å². The van der Waals surface area contributed by atoms with E-state index >= 15 is 0 Å². The summed E-state index contributed by atoms with van der Waals surface area (Å²) in [5, 5.41) is 15.9. The summed E-state index contributed by atoms with van der Waals surface area (Å²) in [6.07, 6.45) is 0. The van der Waals surface area contributed by atoms with Crippen molar-refractivity contribution in [3.8, 4) is 11.1 Å². The molecule has 20 heavy (non-hydrogen) atoms. The third-order valence-corrected chi connectivity index (χ3v) is 3.85. The lowest BCUT2D eigenvalue weighted by Crippen LogP contribution is -2.11. The largest absolute Gasteiger partial charge is 0.272 e. The van der Waals surface area contributed by atoms with E-state index in [9.17, 15) is 18.5 Å². The highest BCUT2D eigenvalue weighted by Gasteiger charge is 2.12. The van der Waals surface area contributed by atoms with E-state index in [1.54, 1.807) is 31.2 Å². The molecular formula is C13H12N2O4S. The number of hydrogen-bond donors (Lipinski definition) is 1. The predicted molar refractivity (Wildman–Crippen MR) is 74.6 cm³/mol. The summed E-state index contributed by atoms with van der Waals surface area (Å²) in [7, 11) is -3.74. The second kappa shape index (κ2) is 5.03. The summed E-state index contributed by atoms with van der Waals surface area (Å²) in [6, 6.07) is 10.7. The van der Waals surface area contributed by atoms with Crippen LogP contribution >= 0.6 is 0 Å². The first-order chi connectivity index (χ1) is 9.29. The molecule has 0 radical (unpaired) electrons. The number of nitro groups is 1. The molecule has 0 atom stereocenters. The molecule has 0 heterocycles. The summed E-state index contributed by atoms with van der Waals surface area (Å²) in [4.78, 5) is 10.5. The predicted octanol–water partition coefficient (Wildman–Crippen LogP) is 2.22. The lowest BCUT2D eigenvalue weighted by Gasteiger charge is -2.05. The first-order valence-electron chi connectivity index (χ1n) is 5.67. The monoisotopic (exact) mass is 292 g/mol. The van der Waals surface area contributed by atoms with Crippen LogP contribution in [0.25, 0.3) is 11.1 Å². The fourth-order valence-electron chi connectivity index (χ4n) is 1.82. The highest BCUT2D eigenvalue weighted by Crippen LogP contribution is 2.27. The maximum atomic E-state index is 11.2. The van der Waals surface area contributed by atoms with Gasteiger partial charge in [0.1, 0.15) is 0 Å². The van der Waals surface area contributed by atoms with Crippen molar-refractivity contribution >= 4 is 15.7 Å². The highest BCUT2D eigenvalue weighted by molar-refractivity contribution is 7.89. The maximum Gasteiger partial charge on any atom is 0.272 e. The van der Waals surface area contributed by atoms with E-state index in [0.29, 0.717) is 16.7 Å². The van der Waals surface area contributed by atoms with Gasteiger partial charge in [0.25, 0.3) is 5.69 Å². The van der Waals surface area contributed by atoms with E-state index in [1.807, 2.05) is 0 Å². The second-order valence-electron chi connectivity index (χ2n) is 4.33. The molecule has 0 bridgehead atoms. The quantitative estimate of drug-likeness (QED) is 0.691. The van der Waals surface area contributed by atoms with Crippen LogP contribution in [0.3, 0.4) is 0 Å². The zero-order valence-electron chi connectivity index (χ0n) is 10.6. The summed E-state index contributed by atoms with van der Waals surface area (Å²) < 4.78 is 22.3. The smallest absolute Gasteiger partial charge is 0.258 e. The standard InChI is InChI=1S/C13H12N2O4S/c1-9-2-3-11(8-13(9)15(16)17)10-4-6-12(7-5-10)20(14,18)19/h2-8H,1H3,(H2,14,18,19). The number of benzene rings is 2. The van der Waals surface area contributed by atoms with Crippen LogP contribution in [0.5, 0.6) is 0 Å². The van der Waals surface area contributed by atoms with Gasteiger partial charge in [0.2, 0.25) is 10.0 Å². The molecule has 2 aromatic rings. The zero-order valence-corrected chi connectivity index (χ0v) is 11.4.